The summed E-state index contributed by atoms with van der Waals surface area (Å²) in [5.41, 5.74) is 0.125. The zero-order chi connectivity index (χ0) is 26.0. The van der Waals surface area contributed by atoms with E-state index in [0.29, 0.717) is 18.3 Å². The van der Waals surface area contributed by atoms with Crippen LogP contribution in [0.1, 0.15) is 99.3 Å². The van der Waals surface area contributed by atoms with Crippen molar-refractivity contribution >= 4 is 12.2 Å². The summed E-state index contributed by atoms with van der Waals surface area (Å²) < 4.78 is 0. The molecular weight excluding hydrogens is 436 g/mol. The second kappa shape index (κ2) is 8.35. The number of allylic oxidation sites excluding steroid dienone is 1. The Hall–Kier alpha value is -1.83. The maximum absolute atomic E-state index is 12.8. The van der Waals surface area contributed by atoms with Gasteiger partial charge in [0.1, 0.15) is 0 Å². The molecule has 4 aliphatic carbocycles. The number of rotatable bonds is 5. The fourth-order valence-electron chi connectivity index (χ4n) is 10.8. The van der Waals surface area contributed by atoms with Gasteiger partial charge in [-0.1, -0.05) is 46.8 Å². The zero-order valence-corrected chi connectivity index (χ0v) is 22.7. The fourth-order valence-corrected chi connectivity index (χ4v) is 10.8. The Morgan fingerprint density at radius 2 is 1.80 bits per heavy atom. The van der Waals surface area contributed by atoms with Crippen molar-refractivity contribution in [3.63, 3.8) is 0 Å². The average molecular weight is 483 g/mol. The molecule has 0 unspecified atom stereocenters. The van der Waals surface area contributed by atoms with Gasteiger partial charge in [-0.3, -0.25) is 4.79 Å². The lowest BCUT2D eigenvalue weighted by Gasteiger charge is -2.71. The van der Waals surface area contributed by atoms with Crippen LogP contribution in [-0.4, -0.2) is 22.5 Å². The number of carboxylic acid groups (broad SMARTS) is 1. The topological polar surface area (TPSA) is 93.7 Å². The van der Waals surface area contributed by atoms with Crippen molar-refractivity contribution in [2.45, 2.75) is 99.3 Å². The number of hydrogen-bond acceptors (Lipinski definition) is 4. The lowest BCUT2D eigenvalue weighted by Crippen LogP contribution is -2.65. The number of nitriles is 1. The average Bonchev–Trinajstić information content (AvgIpc) is 3.16. The Kier molecular flexibility index (Phi) is 6.26. The van der Waals surface area contributed by atoms with Crippen LogP contribution < -0.4 is 0 Å². The largest absolute Gasteiger partial charge is 0.481 e. The number of fused-ring (bicyclic) bond motifs is 5. The molecule has 9 atom stereocenters. The molecule has 194 valence electrons. The number of carboxylic acids is 1. The zero-order valence-electron chi connectivity index (χ0n) is 22.7. The second-order valence-corrected chi connectivity index (χ2v) is 14.0. The maximum Gasteiger partial charge on any atom is 0.309 e. The molecule has 5 heteroatoms. The van der Waals surface area contributed by atoms with Crippen LogP contribution in [-0.2, 0) is 4.79 Å². The monoisotopic (exact) mass is 482 g/mol. The summed E-state index contributed by atoms with van der Waals surface area (Å²) in [5.74, 6) is 0.851. The highest BCUT2D eigenvalue weighted by atomic mass is 16.4. The molecule has 0 aromatic rings. The quantitative estimate of drug-likeness (QED) is 0.186. The van der Waals surface area contributed by atoms with E-state index in [1.807, 2.05) is 0 Å². The van der Waals surface area contributed by atoms with Crippen LogP contribution in [0.15, 0.2) is 17.3 Å². The summed E-state index contributed by atoms with van der Waals surface area (Å²) in [6.07, 6.45) is 9.73. The predicted molar refractivity (Wildman–Crippen MR) is 138 cm³/mol. The molecule has 0 amide bonds. The molecule has 4 aliphatic rings. The van der Waals surface area contributed by atoms with Gasteiger partial charge in [-0.25, -0.2) is 0 Å². The van der Waals surface area contributed by atoms with Gasteiger partial charge in [0, 0.05) is 18.1 Å². The van der Waals surface area contributed by atoms with Gasteiger partial charge in [0.05, 0.1) is 11.5 Å². The van der Waals surface area contributed by atoms with Gasteiger partial charge in [0.2, 0.25) is 0 Å². The first-order valence-corrected chi connectivity index (χ1v) is 13.7. The van der Waals surface area contributed by atoms with Gasteiger partial charge >= 0.3 is 5.97 Å². The van der Waals surface area contributed by atoms with Crippen molar-refractivity contribution in [2.75, 3.05) is 0 Å². The van der Waals surface area contributed by atoms with Crippen molar-refractivity contribution in [3.05, 3.63) is 12.2 Å². The minimum absolute atomic E-state index is 0.0362. The third kappa shape index (κ3) is 3.37. The number of hydrogen-bond donors (Lipinski definition) is 2. The summed E-state index contributed by atoms with van der Waals surface area (Å²) in [6, 6.07) is 2.54. The maximum atomic E-state index is 12.8. The highest BCUT2D eigenvalue weighted by Crippen LogP contribution is 2.76. The van der Waals surface area contributed by atoms with Gasteiger partial charge in [-0.05, 0) is 104 Å². The predicted octanol–water partition coefficient (Wildman–Crippen LogP) is 7.31. The van der Waals surface area contributed by atoms with Gasteiger partial charge in [-0.15, -0.1) is 5.16 Å². The number of carbonyl (C=O) groups is 1. The Bertz CT molecular complexity index is 965. The number of oxime groups is 1. The van der Waals surface area contributed by atoms with E-state index in [9.17, 15) is 20.4 Å². The van der Waals surface area contributed by atoms with Gasteiger partial charge < -0.3 is 10.3 Å². The van der Waals surface area contributed by atoms with Crippen molar-refractivity contribution < 1.29 is 15.1 Å². The lowest BCUT2D eigenvalue weighted by atomic mass is 9.33. The SMILES string of the molecule is C=C(C)[C@@H]1CC[C@]2(C(=O)O)CC[C@]3(C)[C@H](CC[C@@H]4[C@@](C)(CC#N)[C@H](C(C)(C)/C=N/O)CC[C@]43C)[C@@H]12. The van der Waals surface area contributed by atoms with E-state index in [0.717, 1.165) is 56.9 Å². The van der Waals surface area contributed by atoms with Crippen molar-refractivity contribution in [1.29, 1.82) is 5.26 Å². The van der Waals surface area contributed by atoms with E-state index in [-0.39, 0.29) is 39.4 Å². The van der Waals surface area contributed by atoms with E-state index in [4.69, 9.17) is 0 Å². The van der Waals surface area contributed by atoms with E-state index in [2.05, 4.69) is 59.3 Å². The minimum Gasteiger partial charge on any atom is -0.481 e. The Morgan fingerprint density at radius 3 is 2.37 bits per heavy atom. The van der Waals surface area contributed by atoms with E-state index in [1.165, 1.54) is 0 Å². The normalized spacial score (nSPS) is 47.4. The highest BCUT2D eigenvalue weighted by molar-refractivity contribution is 5.76. The van der Waals surface area contributed by atoms with Gasteiger partial charge in [0.25, 0.3) is 0 Å². The minimum atomic E-state index is -0.607. The summed E-state index contributed by atoms with van der Waals surface area (Å²) in [7, 11) is 0. The Morgan fingerprint density at radius 1 is 1.11 bits per heavy atom. The molecule has 35 heavy (non-hydrogen) atoms. The van der Waals surface area contributed by atoms with Crippen LogP contribution >= 0.6 is 0 Å². The highest BCUT2D eigenvalue weighted by Gasteiger charge is 2.71. The van der Waals surface area contributed by atoms with Crippen LogP contribution in [0.5, 0.6) is 0 Å². The molecule has 4 saturated carbocycles. The van der Waals surface area contributed by atoms with E-state index in [1.54, 1.807) is 6.21 Å². The molecule has 2 N–H and O–H groups in total. The molecule has 0 spiro atoms. The molecular formula is C30H46N2O3. The van der Waals surface area contributed by atoms with Crippen LogP contribution in [0, 0.1) is 68.0 Å². The van der Waals surface area contributed by atoms with Crippen LogP contribution in [0.25, 0.3) is 0 Å². The van der Waals surface area contributed by atoms with Crippen LogP contribution in [0.3, 0.4) is 0 Å². The smallest absolute Gasteiger partial charge is 0.309 e. The summed E-state index contributed by atoms with van der Waals surface area (Å²) in [6.45, 7) is 18.0. The molecule has 0 bridgehead atoms. The third-order valence-electron chi connectivity index (χ3n) is 12.5. The second-order valence-electron chi connectivity index (χ2n) is 14.0. The first kappa shape index (κ1) is 26.2. The number of nitrogens with zero attached hydrogens (tertiary/aromatic N) is 2. The molecule has 0 radical (unpaired) electrons. The summed E-state index contributed by atoms with van der Waals surface area (Å²) in [4.78, 5) is 12.8. The van der Waals surface area contributed by atoms with Crippen LogP contribution in [0.4, 0.5) is 0 Å². The summed E-state index contributed by atoms with van der Waals surface area (Å²) >= 11 is 0. The molecule has 0 aliphatic heterocycles. The van der Waals surface area contributed by atoms with Crippen molar-refractivity contribution in [1.82, 2.24) is 0 Å². The van der Waals surface area contributed by atoms with E-state index < -0.39 is 11.4 Å². The fraction of sp³-hybridized carbons (Fsp3) is 0.833. The Balaban J connectivity index is 1.80. The number of aliphatic carboxylic acids is 1. The van der Waals surface area contributed by atoms with E-state index >= 15 is 0 Å². The Labute approximate surface area is 212 Å². The lowest BCUT2D eigenvalue weighted by molar-refractivity contribution is -0.225. The van der Waals surface area contributed by atoms with Crippen molar-refractivity contribution in [3.8, 4) is 6.07 Å². The first-order valence-electron chi connectivity index (χ1n) is 13.7. The molecule has 4 rings (SSSR count). The molecule has 4 fully saturated rings. The molecule has 0 saturated heterocycles. The van der Waals surface area contributed by atoms with Gasteiger partial charge in [-0.2, -0.15) is 5.26 Å². The molecule has 0 aromatic carbocycles. The van der Waals surface area contributed by atoms with Crippen LogP contribution in [0.2, 0.25) is 0 Å². The summed E-state index contributed by atoms with van der Waals surface area (Å²) in [5, 5.41) is 33.3. The van der Waals surface area contributed by atoms with Gasteiger partial charge in [0.15, 0.2) is 0 Å². The molecule has 5 nitrogen and oxygen atoms in total. The molecule has 0 heterocycles. The first-order chi connectivity index (χ1) is 16.2. The third-order valence-corrected chi connectivity index (χ3v) is 12.5. The van der Waals surface area contributed by atoms with Crippen molar-refractivity contribution in [2.24, 2.45) is 61.8 Å². The standard InChI is InChI=1S/C30H46N2O3/c1-19(2)20-10-13-30(25(33)34)15-14-28(6)21(24(20)30)8-9-23-27(5,16-17-31)22(11-12-29(23,28)7)26(3,4)18-32-35/h18,20-24,35H,1,8-16H2,2-7H3,(H,33,34)/b32-18+/t20-,21+,22-,23+,24+,27-,28+,29+,30-/m0/s1. The molecule has 0 aromatic heterocycles.